The van der Waals surface area contributed by atoms with E-state index in [2.05, 4.69) is 72.8 Å². The molecule has 22 heavy (non-hydrogen) atoms. The molecule has 0 aliphatic carbocycles. The minimum Gasteiger partial charge on any atom is -0.349 e. The van der Waals surface area contributed by atoms with Gasteiger partial charge in [0.15, 0.2) is 0 Å². The van der Waals surface area contributed by atoms with Gasteiger partial charge in [-0.15, -0.1) is 0 Å². The topological polar surface area (TPSA) is 24.5 Å². The first-order chi connectivity index (χ1) is 10.9. The fourth-order valence-electron chi connectivity index (χ4n) is 2.49. The molecule has 0 saturated carbocycles. The monoisotopic (exact) mass is 312 g/mol. The maximum atomic E-state index is 5.09. The van der Waals surface area contributed by atoms with E-state index >= 15 is 0 Å². The molecule has 0 amide bonds. The molecule has 1 saturated heterocycles. The first-order valence-electron chi connectivity index (χ1n) is 7.69. The van der Waals surface area contributed by atoms with Gasteiger partial charge in [-0.1, -0.05) is 60.7 Å². The standard InChI is InChI=1S/C18H21N2OP/c1-3-8-17(9-4-1)22(18-10-5-2-6-11-18)15-7-12-19-20-13-14-21-16-20/h1-6,8-11,19H,7,12-15H2. The van der Waals surface area contributed by atoms with E-state index in [0.717, 1.165) is 26.1 Å². The summed E-state index contributed by atoms with van der Waals surface area (Å²) in [5.74, 6) is 0. The van der Waals surface area contributed by atoms with Crippen molar-refractivity contribution in [3.8, 4) is 0 Å². The quantitative estimate of drug-likeness (QED) is 0.627. The van der Waals surface area contributed by atoms with Crippen LogP contribution in [0.2, 0.25) is 0 Å². The van der Waals surface area contributed by atoms with Crippen molar-refractivity contribution in [3.05, 3.63) is 67.4 Å². The van der Waals surface area contributed by atoms with Crippen LogP contribution in [0.4, 0.5) is 0 Å². The molecule has 1 aliphatic heterocycles. The van der Waals surface area contributed by atoms with Crippen LogP contribution >= 0.6 is 7.92 Å². The number of hydrogen-bond donors (Lipinski definition) is 1. The Morgan fingerprint density at radius 2 is 1.64 bits per heavy atom. The van der Waals surface area contributed by atoms with Crippen molar-refractivity contribution in [2.75, 3.05) is 25.9 Å². The SMILES string of the molecule is [C]1OCCN1NCCCP(c1ccccc1)c1ccccc1. The molecule has 4 heteroatoms. The molecule has 3 nitrogen and oxygen atoms in total. The maximum Gasteiger partial charge on any atom is 0.232 e. The summed E-state index contributed by atoms with van der Waals surface area (Å²) >= 11 is 0. The van der Waals surface area contributed by atoms with Gasteiger partial charge in [-0.2, -0.15) is 0 Å². The van der Waals surface area contributed by atoms with E-state index in [4.69, 9.17) is 4.74 Å². The molecule has 0 unspecified atom stereocenters. The lowest BCUT2D eigenvalue weighted by Gasteiger charge is -2.20. The van der Waals surface area contributed by atoms with E-state index < -0.39 is 0 Å². The Morgan fingerprint density at radius 3 is 2.18 bits per heavy atom. The average molecular weight is 312 g/mol. The molecule has 0 atom stereocenters. The highest BCUT2D eigenvalue weighted by molar-refractivity contribution is 7.73. The third kappa shape index (κ3) is 4.37. The van der Waals surface area contributed by atoms with E-state index in [1.54, 1.807) is 0 Å². The predicted octanol–water partition coefficient (Wildman–Crippen LogP) is 2.34. The highest BCUT2D eigenvalue weighted by Gasteiger charge is 2.15. The van der Waals surface area contributed by atoms with Crippen molar-refractivity contribution >= 4 is 18.5 Å². The molecule has 2 radical (unpaired) electrons. The summed E-state index contributed by atoms with van der Waals surface area (Å²) in [6.45, 7) is 5.40. The Labute approximate surface area is 134 Å². The lowest BCUT2D eigenvalue weighted by molar-refractivity contribution is 0.188. The van der Waals surface area contributed by atoms with Crippen molar-refractivity contribution in [2.45, 2.75) is 6.42 Å². The van der Waals surface area contributed by atoms with Crippen LogP contribution in [-0.4, -0.2) is 30.9 Å². The van der Waals surface area contributed by atoms with Gasteiger partial charge >= 0.3 is 0 Å². The zero-order valence-electron chi connectivity index (χ0n) is 12.6. The Bertz CT molecular complexity index is 504. The second kappa shape index (κ2) is 8.40. The van der Waals surface area contributed by atoms with Crippen LogP contribution in [0, 0.1) is 6.73 Å². The Morgan fingerprint density at radius 1 is 1.00 bits per heavy atom. The van der Waals surface area contributed by atoms with Crippen molar-refractivity contribution in [1.82, 2.24) is 10.4 Å². The van der Waals surface area contributed by atoms with Crippen LogP contribution in [0.5, 0.6) is 0 Å². The van der Waals surface area contributed by atoms with Gasteiger partial charge < -0.3 is 4.74 Å². The Balaban J connectivity index is 1.59. The molecule has 2 aromatic rings. The Hall–Kier alpha value is -1.25. The van der Waals surface area contributed by atoms with Gasteiger partial charge in [-0.3, -0.25) is 5.43 Å². The number of hydrogen-bond acceptors (Lipinski definition) is 3. The molecule has 2 aromatic carbocycles. The van der Waals surface area contributed by atoms with E-state index in [1.807, 2.05) is 5.01 Å². The molecule has 0 spiro atoms. The lowest BCUT2D eigenvalue weighted by Crippen LogP contribution is -2.34. The summed E-state index contributed by atoms with van der Waals surface area (Å²) in [7, 11) is -0.285. The number of ether oxygens (including phenoxy) is 1. The first kappa shape index (κ1) is 15.6. The summed E-state index contributed by atoms with van der Waals surface area (Å²) in [6, 6.07) is 21.7. The molecule has 3 rings (SSSR count). The second-order valence-corrected chi connectivity index (χ2v) is 7.51. The van der Waals surface area contributed by atoms with Crippen molar-refractivity contribution in [3.63, 3.8) is 0 Å². The van der Waals surface area contributed by atoms with Crippen molar-refractivity contribution in [1.29, 1.82) is 0 Å². The summed E-state index contributed by atoms with van der Waals surface area (Å²) < 4.78 is 5.09. The van der Waals surface area contributed by atoms with Crippen LogP contribution < -0.4 is 16.0 Å². The number of rotatable bonds is 7. The van der Waals surface area contributed by atoms with E-state index in [0.29, 0.717) is 0 Å². The molecule has 1 heterocycles. The van der Waals surface area contributed by atoms with Gasteiger partial charge in [0, 0.05) is 13.1 Å². The lowest BCUT2D eigenvalue weighted by atomic mass is 10.4. The van der Waals surface area contributed by atoms with E-state index in [1.165, 1.54) is 16.8 Å². The molecule has 1 aliphatic rings. The number of nitrogens with zero attached hydrogens (tertiary/aromatic N) is 1. The minimum absolute atomic E-state index is 0.285. The van der Waals surface area contributed by atoms with Crippen molar-refractivity contribution < 1.29 is 4.74 Å². The fraction of sp³-hybridized carbons (Fsp3) is 0.278. The highest BCUT2D eigenvalue weighted by atomic mass is 31.1. The smallest absolute Gasteiger partial charge is 0.232 e. The molecular weight excluding hydrogens is 291 g/mol. The number of benzene rings is 2. The largest absolute Gasteiger partial charge is 0.349 e. The van der Waals surface area contributed by atoms with Crippen LogP contribution in [0.1, 0.15) is 6.42 Å². The van der Waals surface area contributed by atoms with Crippen LogP contribution in [-0.2, 0) is 4.74 Å². The average Bonchev–Trinajstić information content (AvgIpc) is 3.10. The Kier molecular flexibility index (Phi) is 5.97. The molecule has 0 aromatic heterocycles. The first-order valence-corrected chi connectivity index (χ1v) is 9.22. The van der Waals surface area contributed by atoms with Crippen molar-refractivity contribution in [2.24, 2.45) is 0 Å². The predicted molar refractivity (Wildman–Crippen MR) is 92.5 cm³/mol. The van der Waals surface area contributed by atoms with Gasteiger partial charge in [-0.05, 0) is 31.1 Å². The molecule has 1 fully saturated rings. The van der Waals surface area contributed by atoms with Gasteiger partial charge in [0.05, 0.1) is 6.61 Å². The molecular formula is C18H21N2OP. The summed E-state index contributed by atoms with van der Waals surface area (Å²) in [6.07, 6.45) is 2.32. The van der Waals surface area contributed by atoms with Gasteiger partial charge in [0.2, 0.25) is 6.73 Å². The van der Waals surface area contributed by atoms with Gasteiger partial charge in [0.25, 0.3) is 0 Å². The number of hydrazine groups is 1. The zero-order chi connectivity index (χ0) is 15.0. The minimum atomic E-state index is -0.285. The molecule has 1 N–H and O–H groups in total. The third-order valence-electron chi connectivity index (χ3n) is 3.59. The molecule has 0 bridgehead atoms. The highest BCUT2D eigenvalue weighted by Crippen LogP contribution is 2.33. The van der Waals surface area contributed by atoms with Crippen LogP contribution in [0.25, 0.3) is 0 Å². The van der Waals surface area contributed by atoms with Gasteiger partial charge in [-0.25, -0.2) is 5.01 Å². The van der Waals surface area contributed by atoms with Gasteiger partial charge in [0.1, 0.15) is 0 Å². The maximum absolute atomic E-state index is 5.09. The number of nitrogens with one attached hydrogen (secondary N) is 1. The fourth-order valence-corrected chi connectivity index (χ4v) is 4.84. The van der Waals surface area contributed by atoms with Crippen LogP contribution in [0.3, 0.4) is 0 Å². The van der Waals surface area contributed by atoms with E-state index in [-0.39, 0.29) is 7.92 Å². The summed E-state index contributed by atoms with van der Waals surface area (Å²) in [5.41, 5.74) is 3.35. The molecule has 114 valence electrons. The zero-order valence-corrected chi connectivity index (χ0v) is 13.5. The van der Waals surface area contributed by atoms with Crippen LogP contribution in [0.15, 0.2) is 60.7 Å². The second-order valence-electron chi connectivity index (χ2n) is 5.18. The van der Waals surface area contributed by atoms with E-state index in [9.17, 15) is 0 Å². The third-order valence-corrected chi connectivity index (χ3v) is 6.20. The summed E-state index contributed by atoms with van der Waals surface area (Å²) in [5, 5.41) is 4.81. The summed E-state index contributed by atoms with van der Waals surface area (Å²) in [4.78, 5) is 0. The normalized spacial score (nSPS) is 15.5.